The Labute approximate surface area is 113 Å². The van der Waals surface area contributed by atoms with Crippen LogP contribution in [0.2, 0.25) is 0 Å². The Kier molecular flexibility index (Phi) is 3.69. The van der Waals surface area contributed by atoms with Gasteiger partial charge in [0.15, 0.2) is 0 Å². The Morgan fingerprint density at radius 2 is 2.05 bits per heavy atom. The van der Waals surface area contributed by atoms with E-state index in [9.17, 15) is 4.79 Å². The molecule has 0 aliphatic heterocycles. The van der Waals surface area contributed by atoms with Crippen LogP contribution < -0.4 is 5.32 Å². The Hall–Kier alpha value is -2.10. The van der Waals surface area contributed by atoms with Crippen LogP contribution in [0.3, 0.4) is 0 Å². The second-order valence-electron chi connectivity index (χ2n) is 4.66. The molecular weight excluding hydrogens is 238 g/mol. The molecule has 0 aliphatic rings. The van der Waals surface area contributed by atoms with E-state index in [0.29, 0.717) is 5.56 Å². The molecule has 1 aromatic carbocycles. The Balaban J connectivity index is 2.26. The van der Waals surface area contributed by atoms with Gasteiger partial charge in [-0.05, 0) is 44.9 Å². The lowest BCUT2D eigenvalue weighted by Crippen LogP contribution is -2.14. The van der Waals surface area contributed by atoms with E-state index >= 15 is 0 Å². The van der Waals surface area contributed by atoms with Gasteiger partial charge in [-0.3, -0.25) is 9.48 Å². The summed E-state index contributed by atoms with van der Waals surface area (Å²) in [5.41, 5.74) is 4.64. The standard InChI is InChI=1S/C15H19N3O/c1-5-18-12(4)13(9-16-18)15(19)17-14-8-6-7-10(2)11(14)3/h6-9H,5H2,1-4H3,(H,17,19). The van der Waals surface area contributed by atoms with Crippen LogP contribution in [-0.2, 0) is 6.54 Å². The topological polar surface area (TPSA) is 46.9 Å². The van der Waals surface area contributed by atoms with Crippen LogP contribution in [0.15, 0.2) is 24.4 Å². The number of hydrogen-bond donors (Lipinski definition) is 1. The molecule has 1 N–H and O–H groups in total. The molecule has 0 saturated heterocycles. The number of amides is 1. The van der Waals surface area contributed by atoms with Crippen LogP contribution in [-0.4, -0.2) is 15.7 Å². The van der Waals surface area contributed by atoms with Crippen LogP contribution in [0, 0.1) is 20.8 Å². The van der Waals surface area contributed by atoms with Crippen LogP contribution in [0.25, 0.3) is 0 Å². The zero-order chi connectivity index (χ0) is 14.0. The third-order valence-corrected chi connectivity index (χ3v) is 3.50. The summed E-state index contributed by atoms with van der Waals surface area (Å²) in [6, 6.07) is 5.89. The van der Waals surface area contributed by atoms with Crippen molar-refractivity contribution in [1.82, 2.24) is 9.78 Å². The largest absolute Gasteiger partial charge is 0.322 e. The summed E-state index contributed by atoms with van der Waals surface area (Å²) in [7, 11) is 0. The predicted molar refractivity (Wildman–Crippen MR) is 76.5 cm³/mol. The highest BCUT2D eigenvalue weighted by atomic mass is 16.1. The number of aromatic nitrogens is 2. The van der Waals surface area contributed by atoms with E-state index in [0.717, 1.165) is 23.5 Å². The van der Waals surface area contributed by atoms with Gasteiger partial charge in [0.05, 0.1) is 11.8 Å². The first-order valence-corrected chi connectivity index (χ1v) is 6.44. The highest BCUT2D eigenvalue weighted by Crippen LogP contribution is 2.19. The second-order valence-corrected chi connectivity index (χ2v) is 4.66. The molecule has 0 spiro atoms. The van der Waals surface area contributed by atoms with Crippen LogP contribution in [0.4, 0.5) is 5.69 Å². The molecule has 2 rings (SSSR count). The summed E-state index contributed by atoms with van der Waals surface area (Å²) < 4.78 is 1.82. The van der Waals surface area contributed by atoms with Crippen molar-refractivity contribution < 1.29 is 4.79 Å². The quantitative estimate of drug-likeness (QED) is 0.918. The average molecular weight is 257 g/mol. The minimum atomic E-state index is -0.106. The van der Waals surface area contributed by atoms with E-state index in [4.69, 9.17) is 0 Å². The molecule has 0 bridgehead atoms. The molecule has 1 aromatic heterocycles. The van der Waals surface area contributed by atoms with Crippen molar-refractivity contribution in [1.29, 1.82) is 0 Å². The lowest BCUT2D eigenvalue weighted by molar-refractivity contribution is 0.102. The number of aryl methyl sites for hydroxylation is 2. The lowest BCUT2D eigenvalue weighted by Gasteiger charge is -2.10. The smallest absolute Gasteiger partial charge is 0.259 e. The van der Waals surface area contributed by atoms with Gasteiger partial charge in [0.2, 0.25) is 0 Å². The van der Waals surface area contributed by atoms with Crippen LogP contribution >= 0.6 is 0 Å². The molecular formula is C15H19N3O. The minimum Gasteiger partial charge on any atom is -0.322 e. The molecule has 1 amide bonds. The molecule has 2 aromatic rings. The lowest BCUT2D eigenvalue weighted by atomic mass is 10.1. The first kappa shape index (κ1) is 13.3. The number of rotatable bonds is 3. The van der Waals surface area contributed by atoms with Crippen molar-refractivity contribution in [2.45, 2.75) is 34.2 Å². The molecule has 19 heavy (non-hydrogen) atoms. The molecule has 0 fully saturated rings. The summed E-state index contributed by atoms with van der Waals surface area (Å²) in [4.78, 5) is 12.3. The summed E-state index contributed by atoms with van der Waals surface area (Å²) in [6.07, 6.45) is 1.62. The van der Waals surface area contributed by atoms with E-state index in [2.05, 4.69) is 10.4 Å². The van der Waals surface area contributed by atoms with Gasteiger partial charge in [0.25, 0.3) is 5.91 Å². The summed E-state index contributed by atoms with van der Waals surface area (Å²) in [5, 5.41) is 7.15. The first-order valence-electron chi connectivity index (χ1n) is 6.44. The van der Waals surface area contributed by atoms with Gasteiger partial charge in [-0.25, -0.2) is 0 Å². The molecule has 0 radical (unpaired) electrons. The molecule has 0 aliphatic carbocycles. The van der Waals surface area contributed by atoms with Crippen molar-refractivity contribution >= 4 is 11.6 Å². The van der Waals surface area contributed by atoms with E-state index < -0.39 is 0 Å². The number of nitrogens with one attached hydrogen (secondary N) is 1. The van der Waals surface area contributed by atoms with Gasteiger partial charge < -0.3 is 5.32 Å². The van der Waals surface area contributed by atoms with Crippen molar-refractivity contribution in [3.05, 3.63) is 46.8 Å². The number of carbonyl (C=O) groups is 1. The monoisotopic (exact) mass is 257 g/mol. The number of anilines is 1. The average Bonchev–Trinajstić information content (AvgIpc) is 2.76. The molecule has 0 unspecified atom stereocenters. The number of hydrogen-bond acceptors (Lipinski definition) is 2. The normalized spacial score (nSPS) is 10.5. The summed E-state index contributed by atoms with van der Waals surface area (Å²) in [5.74, 6) is -0.106. The van der Waals surface area contributed by atoms with Gasteiger partial charge in [-0.15, -0.1) is 0 Å². The SMILES string of the molecule is CCn1ncc(C(=O)Nc2cccc(C)c2C)c1C. The van der Waals surface area contributed by atoms with Gasteiger partial charge in [-0.1, -0.05) is 12.1 Å². The Bertz CT molecular complexity index is 614. The van der Waals surface area contributed by atoms with E-state index in [1.165, 1.54) is 5.56 Å². The Morgan fingerprint density at radius 1 is 1.32 bits per heavy atom. The highest BCUT2D eigenvalue weighted by molar-refractivity contribution is 6.05. The molecule has 100 valence electrons. The van der Waals surface area contributed by atoms with Gasteiger partial charge in [-0.2, -0.15) is 5.10 Å². The molecule has 0 atom stereocenters. The van der Waals surface area contributed by atoms with Gasteiger partial charge in [0, 0.05) is 17.9 Å². The van der Waals surface area contributed by atoms with E-state index in [1.807, 2.05) is 50.6 Å². The number of carbonyl (C=O) groups excluding carboxylic acids is 1. The second kappa shape index (κ2) is 5.26. The zero-order valence-electron chi connectivity index (χ0n) is 11.8. The fraction of sp³-hybridized carbons (Fsp3) is 0.333. The van der Waals surface area contributed by atoms with Crippen molar-refractivity contribution in [3.63, 3.8) is 0 Å². The Morgan fingerprint density at radius 3 is 2.68 bits per heavy atom. The van der Waals surface area contributed by atoms with E-state index in [1.54, 1.807) is 6.20 Å². The van der Waals surface area contributed by atoms with Crippen molar-refractivity contribution in [2.75, 3.05) is 5.32 Å². The summed E-state index contributed by atoms with van der Waals surface area (Å²) >= 11 is 0. The molecule has 0 saturated carbocycles. The molecule has 4 heteroatoms. The number of benzene rings is 1. The van der Waals surface area contributed by atoms with Crippen molar-refractivity contribution in [3.8, 4) is 0 Å². The fourth-order valence-corrected chi connectivity index (χ4v) is 2.06. The van der Waals surface area contributed by atoms with Crippen LogP contribution in [0.1, 0.15) is 34.1 Å². The highest BCUT2D eigenvalue weighted by Gasteiger charge is 2.14. The number of nitrogens with zero attached hydrogens (tertiary/aromatic N) is 2. The maximum atomic E-state index is 12.3. The first-order chi connectivity index (χ1) is 9.04. The van der Waals surface area contributed by atoms with Crippen molar-refractivity contribution in [2.24, 2.45) is 0 Å². The third kappa shape index (κ3) is 2.52. The maximum absolute atomic E-state index is 12.3. The fourth-order valence-electron chi connectivity index (χ4n) is 2.06. The zero-order valence-corrected chi connectivity index (χ0v) is 11.8. The van der Waals surface area contributed by atoms with Gasteiger partial charge in [0.1, 0.15) is 0 Å². The minimum absolute atomic E-state index is 0.106. The maximum Gasteiger partial charge on any atom is 0.259 e. The molecule has 1 heterocycles. The summed E-state index contributed by atoms with van der Waals surface area (Å²) in [6.45, 7) is 8.72. The third-order valence-electron chi connectivity index (χ3n) is 3.50. The van der Waals surface area contributed by atoms with E-state index in [-0.39, 0.29) is 5.91 Å². The molecule has 4 nitrogen and oxygen atoms in total. The predicted octanol–water partition coefficient (Wildman–Crippen LogP) is 3.08. The van der Waals surface area contributed by atoms with Gasteiger partial charge >= 0.3 is 0 Å². The van der Waals surface area contributed by atoms with Crippen LogP contribution in [0.5, 0.6) is 0 Å².